The van der Waals surface area contributed by atoms with E-state index < -0.39 is 83.7 Å². The van der Waals surface area contributed by atoms with Crippen LogP contribution in [0, 0.1) is 5.92 Å². The van der Waals surface area contributed by atoms with Crippen LogP contribution in [0.2, 0.25) is 0 Å². The molecule has 2 heterocycles. The lowest BCUT2D eigenvalue weighted by atomic mass is 10.0. The van der Waals surface area contributed by atoms with Gasteiger partial charge < -0.3 is 39.9 Å². The Hall–Kier alpha value is -3.09. The van der Waals surface area contributed by atoms with Gasteiger partial charge in [0.25, 0.3) is 0 Å². The van der Waals surface area contributed by atoms with E-state index in [1.165, 1.54) is 63.9 Å². The number of phosphoric acid groups is 2. The Labute approximate surface area is 415 Å². The van der Waals surface area contributed by atoms with Crippen LogP contribution in [0.1, 0.15) is 194 Å². The molecule has 6 N–H and O–H groups in total. The second-order valence-electron chi connectivity index (χ2n) is 18.5. The van der Waals surface area contributed by atoms with Crippen LogP contribution in [0.5, 0.6) is 0 Å². The molecule has 0 saturated carbocycles. The Kier molecular flexibility index (Phi) is 33.1. The van der Waals surface area contributed by atoms with Gasteiger partial charge in [0.2, 0.25) is 0 Å². The van der Waals surface area contributed by atoms with Crippen LogP contribution >= 0.6 is 15.6 Å². The van der Waals surface area contributed by atoms with Gasteiger partial charge in [0.1, 0.15) is 30.7 Å². The van der Waals surface area contributed by atoms with Crippen molar-refractivity contribution in [3.8, 4) is 0 Å². The molecule has 1 aliphatic rings. The molecule has 0 spiro atoms. The van der Waals surface area contributed by atoms with E-state index >= 15 is 0 Å². The van der Waals surface area contributed by atoms with E-state index in [1.54, 1.807) is 12.2 Å². The van der Waals surface area contributed by atoms with E-state index in [9.17, 15) is 48.3 Å². The number of nitrogens with zero attached hydrogens (tertiary/aromatic N) is 2. The Balaban J connectivity index is 1.81. The third-order valence-electron chi connectivity index (χ3n) is 11.7. The summed E-state index contributed by atoms with van der Waals surface area (Å²) in [6.45, 7) is 4.28. The molecule has 0 amide bonds. The van der Waals surface area contributed by atoms with E-state index in [4.69, 9.17) is 29.0 Å². The van der Waals surface area contributed by atoms with Crippen molar-refractivity contribution in [2.75, 3.05) is 25.6 Å². The van der Waals surface area contributed by atoms with Crippen molar-refractivity contribution in [2.45, 2.75) is 218 Å². The number of rotatable bonds is 42. The molecule has 70 heavy (non-hydrogen) atoms. The second-order valence-corrected chi connectivity index (χ2v) is 21.6. The maximum absolute atomic E-state index is 12.9. The molecule has 1 aromatic heterocycles. The van der Waals surface area contributed by atoms with Crippen LogP contribution in [0.15, 0.2) is 41.4 Å². The number of ketones is 1. The highest BCUT2D eigenvalue weighted by Crippen LogP contribution is 2.60. The minimum absolute atomic E-state index is 0.0357. The normalized spacial score (nSPS) is 19.4. The first-order valence-electron chi connectivity index (χ1n) is 25.7. The summed E-state index contributed by atoms with van der Waals surface area (Å²) in [6.07, 6.45) is 25.3. The summed E-state index contributed by atoms with van der Waals surface area (Å²) in [5.41, 5.74) is 4.58. The van der Waals surface area contributed by atoms with Crippen molar-refractivity contribution < 1.29 is 71.1 Å². The van der Waals surface area contributed by atoms with Gasteiger partial charge in [-0.3, -0.25) is 28.0 Å². The number of hydrogen-bond acceptors (Lipinski definition) is 16. The third-order valence-corrected chi connectivity index (χ3v) is 14.3. The molecule has 1 aromatic rings. The number of carbonyl (C=O) groups excluding carboxylic acids is 3. The molecule has 402 valence electrons. The molecule has 1 saturated heterocycles. The van der Waals surface area contributed by atoms with Crippen LogP contribution in [0.3, 0.4) is 0 Å². The number of aliphatic hydroxyl groups excluding tert-OH is 2. The summed E-state index contributed by atoms with van der Waals surface area (Å²) in [5.74, 6) is -0.442. The van der Waals surface area contributed by atoms with E-state index in [2.05, 4.69) is 30.1 Å². The minimum atomic E-state index is -5.44. The standard InChI is InChI=1S/C49H85N3O16P2/c1-4-5-24-30-40(53)31-26-21-17-13-11-15-18-22-27-32-44(54)63-36-41(66-45(55)33-28-23-19-14-10-8-6-7-9-12-16-20-25-29-39(2)3)37-64-69(59,60)68-70(61,62)65-38-42-46(56)47(57)48(67-42)52-35-34-43(50)51-49(52)58/h17,21,26,31,34-35,39,41-42,46-48,56-57H,4-16,18-20,22-25,27-30,32-33,36-38H2,1-3H3,(H,59,60)(H,61,62)(H2,50,51,58)/b21-17-,31-26+/t41-,42-,46-,47-,48-/m1/s1. The average molecular weight is 1030 g/mol. The monoisotopic (exact) mass is 1030 g/mol. The van der Waals surface area contributed by atoms with Crippen molar-refractivity contribution in [2.24, 2.45) is 5.92 Å². The first-order valence-corrected chi connectivity index (χ1v) is 28.7. The van der Waals surface area contributed by atoms with E-state index in [0.29, 0.717) is 19.3 Å². The molecule has 2 rings (SSSR count). The number of ether oxygens (including phenoxy) is 3. The van der Waals surface area contributed by atoms with Gasteiger partial charge in [-0.1, -0.05) is 155 Å². The summed E-state index contributed by atoms with van der Waals surface area (Å²) in [5, 5.41) is 20.9. The highest BCUT2D eigenvalue weighted by Gasteiger charge is 2.46. The van der Waals surface area contributed by atoms with Crippen molar-refractivity contribution in [1.82, 2.24) is 9.55 Å². The molecule has 0 aromatic carbocycles. The molecule has 21 heteroatoms. The number of aliphatic hydroxyl groups is 2. The molecule has 1 fully saturated rings. The molecule has 0 bridgehead atoms. The molecule has 0 radical (unpaired) electrons. The number of esters is 2. The first-order chi connectivity index (χ1) is 33.4. The number of anilines is 1. The van der Waals surface area contributed by atoms with Crippen molar-refractivity contribution in [3.63, 3.8) is 0 Å². The molecule has 0 aliphatic carbocycles. The Morgan fingerprint density at radius 1 is 0.757 bits per heavy atom. The van der Waals surface area contributed by atoms with Crippen LogP contribution in [0.4, 0.5) is 5.82 Å². The maximum Gasteiger partial charge on any atom is 0.481 e. The van der Waals surface area contributed by atoms with Gasteiger partial charge in [-0.15, -0.1) is 0 Å². The highest BCUT2D eigenvalue weighted by atomic mass is 31.3. The third kappa shape index (κ3) is 30.1. The fraction of sp³-hybridized carbons (Fsp3) is 0.776. The van der Waals surface area contributed by atoms with E-state index in [-0.39, 0.29) is 24.4 Å². The summed E-state index contributed by atoms with van der Waals surface area (Å²) in [4.78, 5) is 73.7. The zero-order valence-corrected chi connectivity index (χ0v) is 43.8. The molecular formula is C49H85N3O16P2. The SMILES string of the molecule is CCCCCC(=O)/C=C/C=C\CCCCCCCC(=O)OC[C@H](COP(=O)(O)OP(=O)(O)OC[C@H]1O[C@@H](n2ccc(N)nc2=O)[C@H](O)[C@@H]1O)OC(=O)CCCCCCCCCCCCCCCC(C)C. The Morgan fingerprint density at radius 3 is 1.91 bits per heavy atom. The van der Waals surface area contributed by atoms with Crippen LogP contribution in [-0.2, 0) is 51.1 Å². The number of hydrogen-bond donors (Lipinski definition) is 5. The number of phosphoric ester groups is 2. The quantitative estimate of drug-likeness (QED) is 0.0134. The molecule has 2 unspecified atom stereocenters. The van der Waals surface area contributed by atoms with Gasteiger partial charge in [0, 0.05) is 25.5 Å². The fourth-order valence-corrected chi connectivity index (χ4v) is 9.77. The van der Waals surface area contributed by atoms with E-state index in [0.717, 1.165) is 93.7 Å². The van der Waals surface area contributed by atoms with Gasteiger partial charge in [-0.05, 0) is 50.2 Å². The molecule has 1 aliphatic heterocycles. The van der Waals surface area contributed by atoms with Gasteiger partial charge in [0.15, 0.2) is 18.1 Å². The first kappa shape index (κ1) is 63.0. The number of aromatic nitrogens is 2. The van der Waals surface area contributed by atoms with Crippen LogP contribution < -0.4 is 11.4 Å². The predicted molar refractivity (Wildman–Crippen MR) is 266 cm³/mol. The maximum atomic E-state index is 12.9. The summed E-state index contributed by atoms with van der Waals surface area (Å²) in [7, 11) is -10.9. The van der Waals surface area contributed by atoms with Gasteiger partial charge in [-0.2, -0.15) is 9.29 Å². The van der Waals surface area contributed by atoms with Gasteiger partial charge in [-0.25, -0.2) is 13.9 Å². The Morgan fingerprint density at radius 2 is 1.31 bits per heavy atom. The van der Waals surface area contributed by atoms with Crippen LogP contribution in [0.25, 0.3) is 0 Å². The number of unbranched alkanes of at least 4 members (excludes halogenated alkanes) is 19. The number of allylic oxidation sites excluding steroid dienone is 4. The predicted octanol–water partition coefficient (Wildman–Crippen LogP) is 9.65. The average Bonchev–Trinajstić information content (AvgIpc) is 3.58. The molecular weight excluding hydrogens is 948 g/mol. The van der Waals surface area contributed by atoms with E-state index in [1.807, 2.05) is 12.2 Å². The zero-order chi connectivity index (χ0) is 51.6. The second kappa shape index (κ2) is 36.8. The largest absolute Gasteiger partial charge is 0.481 e. The molecule has 7 atom stereocenters. The lowest BCUT2D eigenvalue weighted by molar-refractivity contribution is -0.161. The smallest absolute Gasteiger partial charge is 0.462 e. The summed E-state index contributed by atoms with van der Waals surface area (Å²) in [6, 6.07) is 1.24. The van der Waals surface area contributed by atoms with Gasteiger partial charge >= 0.3 is 33.3 Å². The van der Waals surface area contributed by atoms with Gasteiger partial charge in [0.05, 0.1) is 13.2 Å². The topological polar surface area (TPSA) is 283 Å². The number of carbonyl (C=O) groups is 3. The van der Waals surface area contributed by atoms with Crippen molar-refractivity contribution in [1.29, 1.82) is 0 Å². The number of nitrogen functional groups attached to an aromatic ring is 1. The van der Waals surface area contributed by atoms with Crippen molar-refractivity contribution in [3.05, 3.63) is 47.1 Å². The number of nitrogens with two attached hydrogens (primary N) is 1. The lowest BCUT2D eigenvalue weighted by Gasteiger charge is -2.21. The van der Waals surface area contributed by atoms with Crippen molar-refractivity contribution >= 4 is 39.2 Å². The van der Waals surface area contributed by atoms with Crippen LogP contribution in [-0.4, -0.2) is 91.5 Å². The summed E-state index contributed by atoms with van der Waals surface area (Å²) >= 11 is 0. The minimum Gasteiger partial charge on any atom is -0.462 e. The zero-order valence-electron chi connectivity index (χ0n) is 42.0. The summed E-state index contributed by atoms with van der Waals surface area (Å²) < 4.78 is 56.7. The fourth-order valence-electron chi connectivity index (χ4n) is 7.66. The molecule has 19 nitrogen and oxygen atoms in total. The Bertz CT molecular complexity index is 1850. The lowest BCUT2D eigenvalue weighted by Crippen LogP contribution is -2.36. The highest BCUT2D eigenvalue weighted by molar-refractivity contribution is 7.61.